The fraction of sp³-hybridized carbons (Fsp3) is 0.500. The van der Waals surface area contributed by atoms with Crippen LogP contribution in [0.2, 0.25) is 0 Å². The SMILES string of the molecule is C[C@H]1CC[C@@H](C(=O)NS(=O)(=O)c2ccc(C(F)(F)F)cn2)O1. The van der Waals surface area contributed by atoms with E-state index < -0.39 is 38.8 Å². The van der Waals surface area contributed by atoms with Gasteiger partial charge in [0, 0.05) is 6.20 Å². The Labute approximate surface area is 124 Å². The number of carbonyl (C=O) groups is 1. The molecule has 0 radical (unpaired) electrons. The third kappa shape index (κ3) is 3.74. The van der Waals surface area contributed by atoms with Crippen LogP contribution in [-0.4, -0.2) is 31.5 Å². The van der Waals surface area contributed by atoms with Gasteiger partial charge in [-0.3, -0.25) is 4.79 Å². The van der Waals surface area contributed by atoms with Crippen LogP contribution in [0.3, 0.4) is 0 Å². The van der Waals surface area contributed by atoms with Gasteiger partial charge in [0.2, 0.25) is 0 Å². The number of ether oxygens (including phenoxy) is 1. The molecule has 1 fully saturated rings. The summed E-state index contributed by atoms with van der Waals surface area (Å²) in [7, 11) is -4.33. The molecule has 6 nitrogen and oxygen atoms in total. The van der Waals surface area contributed by atoms with E-state index in [1.54, 1.807) is 11.6 Å². The minimum absolute atomic E-state index is 0.150. The Bertz CT molecular complexity index is 658. The number of sulfonamides is 1. The quantitative estimate of drug-likeness (QED) is 0.902. The molecule has 122 valence electrons. The van der Waals surface area contributed by atoms with E-state index >= 15 is 0 Å². The molecule has 1 amide bonds. The normalized spacial score (nSPS) is 22.5. The standard InChI is InChI=1S/C12H13F3N2O4S/c1-7-2-4-9(21-7)11(18)17-22(19,20)10-5-3-8(6-16-10)12(13,14)15/h3,5-7,9H,2,4H2,1H3,(H,17,18)/t7-,9-/m0/s1. The van der Waals surface area contributed by atoms with E-state index in [1.165, 1.54) is 0 Å². The molecule has 2 atom stereocenters. The van der Waals surface area contributed by atoms with Crippen molar-refractivity contribution in [2.75, 3.05) is 0 Å². The van der Waals surface area contributed by atoms with Crippen molar-refractivity contribution < 1.29 is 31.1 Å². The van der Waals surface area contributed by atoms with Gasteiger partial charge in [-0.2, -0.15) is 21.6 Å². The lowest BCUT2D eigenvalue weighted by Crippen LogP contribution is -2.39. The topological polar surface area (TPSA) is 85.4 Å². The Kier molecular flexibility index (Phi) is 4.43. The summed E-state index contributed by atoms with van der Waals surface area (Å²) in [5.41, 5.74) is -1.08. The Morgan fingerprint density at radius 3 is 2.50 bits per heavy atom. The summed E-state index contributed by atoms with van der Waals surface area (Å²) in [6.45, 7) is 1.75. The Balaban J connectivity index is 2.12. The van der Waals surface area contributed by atoms with Crippen molar-refractivity contribution in [3.8, 4) is 0 Å². The van der Waals surface area contributed by atoms with Gasteiger partial charge in [0.05, 0.1) is 11.7 Å². The summed E-state index contributed by atoms with van der Waals surface area (Å²) >= 11 is 0. The maximum atomic E-state index is 12.4. The summed E-state index contributed by atoms with van der Waals surface area (Å²) in [4.78, 5) is 15.0. The first-order valence-electron chi connectivity index (χ1n) is 6.35. The van der Waals surface area contributed by atoms with Crippen molar-refractivity contribution in [1.29, 1.82) is 0 Å². The van der Waals surface area contributed by atoms with Crippen LogP contribution < -0.4 is 4.72 Å². The van der Waals surface area contributed by atoms with Crippen molar-refractivity contribution in [2.24, 2.45) is 0 Å². The van der Waals surface area contributed by atoms with Crippen molar-refractivity contribution in [1.82, 2.24) is 9.71 Å². The number of nitrogens with one attached hydrogen (secondary N) is 1. The van der Waals surface area contributed by atoms with Gasteiger partial charge in [0.1, 0.15) is 6.10 Å². The highest BCUT2D eigenvalue weighted by atomic mass is 32.2. The average molecular weight is 338 g/mol. The summed E-state index contributed by atoms with van der Waals surface area (Å²) in [6, 6.07) is 1.27. The summed E-state index contributed by atoms with van der Waals surface area (Å²) in [5, 5.41) is -0.667. The van der Waals surface area contributed by atoms with Crippen molar-refractivity contribution in [2.45, 2.75) is 43.2 Å². The number of halogens is 3. The summed E-state index contributed by atoms with van der Waals surface area (Å²) in [5.74, 6) is -0.856. The van der Waals surface area contributed by atoms with Gasteiger partial charge in [-0.25, -0.2) is 9.71 Å². The molecule has 1 saturated heterocycles. The minimum Gasteiger partial charge on any atom is -0.365 e. The van der Waals surface area contributed by atoms with E-state index in [9.17, 15) is 26.4 Å². The third-order valence-electron chi connectivity index (χ3n) is 3.10. The number of carbonyl (C=O) groups excluding carboxylic acids is 1. The molecule has 1 aliphatic heterocycles. The maximum absolute atomic E-state index is 12.4. The van der Waals surface area contributed by atoms with Gasteiger partial charge < -0.3 is 4.74 Å². The highest BCUT2D eigenvalue weighted by molar-refractivity contribution is 7.90. The third-order valence-corrected chi connectivity index (χ3v) is 4.36. The summed E-state index contributed by atoms with van der Waals surface area (Å²) < 4.78 is 68.0. The minimum atomic E-state index is -4.62. The number of pyridine rings is 1. The van der Waals surface area contributed by atoms with E-state index in [1.807, 2.05) is 0 Å². The van der Waals surface area contributed by atoms with E-state index in [0.29, 0.717) is 31.2 Å². The van der Waals surface area contributed by atoms with Crippen molar-refractivity contribution >= 4 is 15.9 Å². The highest BCUT2D eigenvalue weighted by Gasteiger charge is 2.33. The molecule has 1 aromatic rings. The largest absolute Gasteiger partial charge is 0.417 e. The van der Waals surface area contributed by atoms with E-state index in [0.717, 1.165) is 0 Å². The molecule has 0 saturated carbocycles. The second-order valence-corrected chi connectivity index (χ2v) is 6.49. The van der Waals surface area contributed by atoms with Crippen LogP contribution in [0.15, 0.2) is 23.4 Å². The molecular weight excluding hydrogens is 325 g/mol. The number of rotatable bonds is 3. The van der Waals surface area contributed by atoms with Gasteiger partial charge >= 0.3 is 6.18 Å². The maximum Gasteiger partial charge on any atom is 0.417 e. The van der Waals surface area contributed by atoms with Crippen LogP contribution in [0.25, 0.3) is 0 Å². The van der Waals surface area contributed by atoms with Crippen LogP contribution in [0, 0.1) is 0 Å². The lowest BCUT2D eigenvalue weighted by Gasteiger charge is -2.12. The second-order valence-electron chi connectivity index (χ2n) is 4.87. The van der Waals surface area contributed by atoms with E-state index in [4.69, 9.17) is 4.74 Å². The first kappa shape index (κ1) is 16.7. The van der Waals surface area contributed by atoms with E-state index in [-0.39, 0.29) is 6.10 Å². The Morgan fingerprint density at radius 1 is 1.36 bits per heavy atom. The lowest BCUT2D eigenvalue weighted by atomic mass is 10.2. The monoisotopic (exact) mass is 338 g/mol. The van der Waals surface area contributed by atoms with Crippen LogP contribution >= 0.6 is 0 Å². The summed E-state index contributed by atoms with van der Waals surface area (Å²) in [6.07, 6.45) is -4.26. The molecule has 0 spiro atoms. The number of alkyl halides is 3. The van der Waals surface area contributed by atoms with Crippen LogP contribution in [0.4, 0.5) is 13.2 Å². The second kappa shape index (κ2) is 5.84. The molecule has 0 aromatic carbocycles. The Morgan fingerprint density at radius 2 is 2.05 bits per heavy atom. The number of aromatic nitrogens is 1. The predicted molar refractivity (Wildman–Crippen MR) is 68.1 cm³/mol. The molecule has 2 rings (SSSR count). The molecule has 1 N–H and O–H groups in total. The van der Waals surface area contributed by atoms with Crippen molar-refractivity contribution in [3.63, 3.8) is 0 Å². The zero-order valence-electron chi connectivity index (χ0n) is 11.4. The molecule has 1 aliphatic rings. The number of hydrogen-bond donors (Lipinski definition) is 1. The number of nitrogens with zero attached hydrogens (tertiary/aromatic N) is 1. The first-order valence-corrected chi connectivity index (χ1v) is 7.83. The lowest BCUT2D eigenvalue weighted by molar-refractivity contribution is -0.138. The molecule has 10 heteroatoms. The fourth-order valence-electron chi connectivity index (χ4n) is 1.95. The molecule has 0 bridgehead atoms. The number of hydrogen-bond acceptors (Lipinski definition) is 5. The van der Waals surface area contributed by atoms with Gasteiger partial charge in [0.15, 0.2) is 5.03 Å². The fourth-order valence-corrected chi connectivity index (χ4v) is 2.89. The molecule has 1 aromatic heterocycles. The van der Waals surface area contributed by atoms with Crippen LogP contribution in [-0.2, 0) is 25.7 Å². The van der Waals surface area contributed by atoms with Crippen LogP contribution in [0.5, 0.6) is 0 Å². The molecule has 2 heterocycles. The zero-order valence-corrected chi connectivity index (χ0v) is 12.2. The van der Waals surface area contributed by atoms with Gasteiger partial charge in [0.25, 0.3) is 15.9 Å². The van der Waals surface area contributed by atoms with Crippen molar-refractivity contribution in [3.05, 3.63) is 23.9 Å². The molecule has 0 unspecified atom stereocenters. The van der Waals surface area contributed by atoms with Gasteiger partial charge in [-0.1, -0.05) is 0 Å². The van der Waals surface area contributed by atoms with Gasteiger partial charge in [-0.05, 0) is 31.9 Å². The Hall–Kier alpha value is -1.68. The van der Waals surface area contributed by atoms with E-state index in [2.05, 4.69) is 4.98 Å². The van der Waals surface area contributed by atoms with Crippen LogP contribution in [0.1, 0.15) is 25.3 Å². The smallest absolute Gasteiger partial charge is 0.365 e. The molecule has 0 aliphatic carbocycles. The average Bonchev–Trinajstić information content (AvgIpc) is 2.84. The molecular formula is C12H13F3N2O4S. The zero-order chi connectivity index (χ0) is 16.5. The number of amides is 1. The molecule has 22 heavy (non-hydrogen) atoms. The predicted octanol–water partition coefficient (Wildman–Crippen LogP) is 1.47. The highest BCUT2D eigenvalue weighted by Crippen LogP contribution is 2.28. The first-order chi connectivity index (χ1) is 10.1. The van der Waals surface area contributed by atoms with Gasteiger partial charge in [-0.15, -0.1) is 0 Å².